The molecule has 0 aromatic heterocycles. The Hall–Kier alpha value is -2.57. The molecule has 3 fully saturated rings. The smallest absolute Gasteiger partial charge is 0.329 e. The summed E-state index contributed by atoms with van der Waals surface area (Å²) in [6, 6.07) is 7.72. The standard InChI is InChI=1S/C19H25N5O2/c1-19(13-6-7-13)16(25)24(18(26)23-19)15-5-3-4-12(10-15)11-21-17(20-2)22-14-8-9-14/h3-5,10,13-14H,6-9,11H2,1-2H3,(H,23,26)(H2,20,21,22). The van der Waals surface area contributed by atoms with Crippen LogP contribution in [0.15, 0.2) is 29.3 Å². The molecule has 1 atom stereocenters. The first-order valence-electron chi connectivity index (χ1n) is 9.24. The molecule has 3 aliphatic rings. The lowest BCUT2D eigenvalue weighted by atomic mass is 9.96. The number of hydrogen-bond acceptors (Lipinski definition) is 3. The third kappa shape index (κ3) is 3.13. The maximum Gasteiger partial charge on any atom is 0.329 e. The summed E-state index contributed by atoms with van der Waals surface area (Å²) in [5.41, 5.74) is 0.838. The lowest BCUT2D eigenvalue weighted by Gasteiger charge is -2.21. The van der Waals surface area contributed by atoms with Crippen molar-refractivity contribution in [2.24, 2.45) is 10.9 Å². The SMILES string of the molecule is CN=C(NCc1cccc(N2C(=O)NC(C)(C3CC3)C2=O)c1)NC1CC1. The molecule has 1 aromatic rings. The second-order valence-corrected chi connectivity index (χ2v) is 7.56. The Morgan fingerprint density at radius 1 is 1.31 bits per heavy atom. The van der Waals surface area contributed by atoms with E-state index in [9.17, 15) is 9.59 Å². The van der Waals surface area contributed by atoms with Gasteiger partial charge in [0.05, 0.1) is 5.69 Å². The van der Waals surface area contributed by atoms with E-state index >= 15 is 0 Å². The van der Waals surface area contributed by atoms with Crippen LogP contribution in [0.4, 0.5) is 10.5 Å². The van der Waals surface area contributed by atoms with Gasteiger partial charge in [-0.2, -0.15) is 0 Å². The molecule has 7 heteroatoms. The summed E-state index contributed by atoms with van der Waals surface area (Å²) >= 11 is 0. The van der Waals surface area contributed by atoms with E-state index in [0.717, 1.165) is 24.4 Å². The van der Waals surface area contributed by atoms with Gasteiger partial charge < -0.3 is 16.0 Å². The molecule has 1 aliphatic heterocycles. The van der Waals surface area contributed by atoms with Crippen LogP contribution in [-0.2, 0) is 11.3 Å². The summed E-state index contributed by atoms with van der Waals surface area (Å²) in [6.07, 6.45) is 4.35. The van der Waals surface area contributed by atoms with E-state index in [1.807, 2.05) is 25.1 Å². The number of nitrogens with zero attached hydrogens (tertiary/aromatic N) is 2. The number of rotatable bonds is 5. The molecule has 3 N–H and O–H groups in total. The van der Waals surface area contributed by atoms with Gasteiger partial charge >= 0.3 is 6.03 Å². The van der Waals surface area contributed by atoms with Gasteiger partial charge in [-0.25, -0.2) is 9.69 Å². The van der Waals surface area contributed by atoms with Gasteiger partial charge in [-0.1, -0.05) is 12.1 Å². The normalized spacial score (nSPS) is 26.1. The van der Waals surface area contributed by atoms with Crippen molar-refractivity contribution in [2.75, 3.05) is 11.9 Å². The first-order chi connectivity index (χ1) is 12.5. The van der Waals surface area contributed by atoms with Crippen LogP contribution in [0.25, 0.3) is 0 Å². The fraction of sp³-hybridized carbons (Fsp3) is 0.526. The second kappa shape index (κ2) is 6.30. The number of hydrogen-bond donors (Lipinski definition) is 3. The summed E-state index contributed by atoms with van der Waals surface area (Å²) in [5, 5.41) is 9.50. The predicted molar refractivity (Wildman–Crippen MR) is 99.9 cm³/mol. The molecular weight excluding hydrogens is 330 g/mol. The van der Waals surface area contributed by atoms with Crippen LogP contribution in [0.3, 0.4) is 0 Å². The van der Waals surface area contributed by atoms with E-state index in [1.165, 1.54) is 17.7 Å². The number of amides is 3. The predicted octanol–water partition coefficient (Wildman–Crippen LogP) is 1.74. The van der Waals surface area contributed by atoms with Crippen molar-refractivity contribution in [1.82, 2.24) is 16.0 Å². The molecule has 4 rings (SSSR count). The lowest BCUT2D eigenvalue weighted by Crippen LogP contribution is -2.46. The van der Waals surface area contributed by atoms with Gasteiger partial charge in [-0.15, -0.1) is 0 Å². The molecule has 1 aromatic carbocycles. The van der Waals surface area contributed by atoms with Gasteiger partial charge in [-0.05, 0) is 56.2 Å². The van der Waals surface area contributed by atoms with E-state index in [2.05, 4.69) is 20.9 Å². The number of carbonyl (C=O) groups is 2. The monoisotopic (exact) mass is 355 g/mol. The Labute approximate surface area is 153 Å². The molecule has 0 bridgehead atoms. The average Bonchev–Trinajstić information content (AvgIpc) is 3.53. The van der Waals surface area contributed by atoms with Crippen LogP contribution in [-0.4, -0.2) is 36.5 Å². The number of aliphatic imine (C=N–C) groups is 1. The Morgan fingerprint density at radius 2 is 2.08 bits per heavy atom. The average molecular weight is 355 g/mol. The molecule has 2 saturated carbocycles. The van der Waals surface area contributed by atoms with Gasteiger partial charge in [0.15, 0.2) is 5.96 Å². The number of nitrogens with one attached hydrogen (secondary N) is 3. The maximum absolute atomic E-state index is 12.9. The van der Waals surface area contributed by atoms with Gasteiger partial charge in [0.25, 0.3) is 5.91 Å². The Bertz CT molecular complexity index is 769. The largest absolute Gasteiger partial charge is 0.354 e. The third-order valence-electron chi connectivity index (χ3n) is 5.38. The zero-order valence-corrected chi connectivity index (χ0v) is 15.2. The molecule has 1 unspecified atom stereocenters. The van der Waals surface area contributed by atoms with E-state index in [1.54, 1.807) is 13.1 Å². The molecule has 3 amide bonds. The highest BCUT2D eigenvalue weighted by molar-refractivity contribution is 6.23. The minimum atomic E-state index is -0.762. The summed E-state index contributed by atoms with van der Waals surface area (Å²) in [5.74, 6) is 0.876. The number of guanidine groups is 1. The Morgan fingerprint density at radius 3 is 2.73 bits per heavy atom. The van der Waals surface area contributed by atoms with Gasteiger partial charge in [0.1, 0.15) is 5.54 Å². The molecule has 1 saturated heterocycles. The third-order valence-corrected chi connectivity index (χ3v) is 5.38. The minimum Gasteiger partial charge on any atom is -0.354 e. The van der Waals surface area contributed by atoms with E-state index < -0.39 is 5.54 Å². The summed E-state index contributed by atoms with van der Waals surface area (Å²) in [7, 11) is 1.75. The van der Waals surface area contributed by atoms with E-state index in [-0.39, 0.29) is 17.9 Å². The molecule has 0 radical (unpaired) electrons. The molecular formula is C19H25N5O2. The Kier molecular flexibility index (Phi) is 4.09. The summed E-state index contributed by atoms with van der Waals surface area (Å²) in [6.45, 7) is 2.41. The molecule has 0 spiro atoms. The van der Waals surface area contributed by atoms with E-state index in [4.69, 9.17) is 0 Å². The molecule has 2 aliphatic carbocycles. The van der Waals surface area contributed by atoms with Crippen molar-refractivity contribution in [2.45, 2.75) is 50.7 Å². The van der Waals surface area contributed by atoms with Crippen molar-refractivity contribution in [3.05, 3.63) is 29.8 Å². The van der Waals surface area contributed by atoms with Crippen molar-refractivity contribution in [1.29, 1.82) is 0 Å². The highest BCUT2D eigenvalue weighted by Gasteiger charge is 2.56. The highest BCUT2D eigenvalue weighted by Crippen LogP contribution is 2.43. The zero-order valence-electron chi connectivity index (χ0n) is 15.2. The van der Waals surface area contributed by atoms with Crippen molar-refractivity contribution < 1.29 is 9.59 Å². The molecule has 1 heterocycles. The number of anilines is 1. The summed E-state index contributed by atoms with van der Waals surface area (Å²) < 4.78 is 0. The van der Waals surface area contributed by atoms with Crippen LogP contribution in [0.1, 0.15) is 38.2 Å². The van der Waals surface area contributed by atoms with Crippen LogP contribution in [0.5, 0.6) is 0 Å². The topological polar surface area (TPSA) is 85.8 Å². The fourth-order valence-electron chi connectivity index (χ4n) is 3.43. The second-order valence-electron chi connectivity index (χ2n) is 7.56. The van der Waals surface area contributed by atoms with Gasteiger partial charge in [0.2, 0.25) is 0 Å². The van der Waals surface area contributed by atoms with E-state index in [0.29, 0.717) is 18.3 Å². The number of benzene rings is 1. The quantitative estimate of drug-likeness (QED) is 0.427. The number of urea groups is 1. The summed E-state index contributed by atoms with van der Waals surface area (Å²) in [4.78, 5) is 30.8. The first-order valence-corrected chi connectivity index (χ1v) is 9.24. The van der Waals surface area contributed by atoms with Gasteiger partial charge in [0, 0.05) is 19.6 Å². The Balaban J connectivity index is 1.47. The highest BCUT2D eigenvalue weighted by atomic mass is 16.2. The first kappa shape index (κ1) is 16.9. The van der Waals surface area contributed by atoms with Crippen molar-refractivity contribution in [3.8, 4) is 0 Å². The van der Waals surface area contributed by atoms with Crippen LogP contribution in [0.2, 0.25) is 0 Å². The minimum absolute atomic E-state index is 0.152. The van der Waals surface area contributed by atoms with Crippen LogP contribution >= 0.6 is 0 Å². The van der Waals surface area contributed by atoms with Crippen LogP contribution < -0.4 is 20.9 Å². The molecule has 138 valence electrons. The molecule has 7 nitrogen and oxygen atoms in total. The van der Waals surface area contributed by atoms with Crippen LogP contribution in [0, 0.1) is 5.92 Å². The fourth-order valence-corrected chi connectivity index (χ4v) is 3.43. The molecule has 26 heavy (non-hydrogen) atoms. The van der Waals surface area contributed by atoms with Gasteiger partial charge in [-0.3, -0.25) is 9.79 Å². The zero-order chi connectivity index (χ0) is 18.3. The van der Waals surface area contributed by atoms with Crippen molar-refractivity contribution in [3.63, 3.8) is 0 Å². The lowest BCUT2D eigenvalue weighted by molar-refractivity contribution is -0.122. The maximum atomic E-state index is 12.9. The number of carbonyl (C=O) groups excluding carboxylic acids is 2. The van der Waals surface area contributed by atoms with Crippen molar-refractivity contribution >= 4 is 23.6 Å². The number of imide groups is 1.